The molecule has 0 saturated carbocycles. The predicted molar refractivity (Wildman–Crippen MR) is 139 cm³/mol. The molecule has 1 atom stereocenters. The molecule has 3 N–H and O–H groups in total. The van der Waals surface area contributed by atoms with Crippen LogP contribution in [-0.4, -0.2) is 35.5 Å². The molecule has 2 amide bonds. The molecule has 0 spiro atoms. The van der Waals surface area contributed by atoms with Crippen LogP contribution in [0, 0.1) is 5.82 Å². The average Bonchev–Trinajstić information content (AvgIpc) is 3.56. The minimum Gasteiger partial charge on any atom is -0.496 e. The zero-order valence-corrected chi connectivity index (χ0v) is 22.4. The monoisotopic (exact) mass is 623 g/mol. The van der Waals surface area contributed by atoms with Gasteiger partial charge in [-0.1, -0.05) is 5.16 Å². The number of rotatable bonds is 7. The number of carbonyl (C=O) groups excluding carboxylic acids is 2. The molecular weight excluding hydrogens is 604 g/mol. The summed E-state index contributed by atoms with van der Waals surface area (Å²) in [4.78, 5) is 26.6. The quantitative estimate of drug-likeness (QED) is 0.202. The second-order valence-corrected chi connectivity index (χ2v) is 9.32. The van der Waals surface area contributed by atoms with Gasteiger partial charge in [-0.15, -0.1) is 8.78 Å². The number of amides is 2. The summed E-state index contributed by atoms with van der Waals surface area (Å²) in [7, 11) is 1.27. The third-order valence-corrected chi connectivity index (χ3v) is 6.24. The summed E-state index contributed by atoms with van der Waals surface area (Å²) >= 11 is 0. The molecule has 2 heterocycles. The lowest BCUT2D eigenvalue weighted by atomic mass is 10.0. The number of halogens is 6. The van der Waals surface area contributed by atoms with E-state index in [0.717, 1.165) is 18.2 Å². The maximum atomic E-state index is 13.8. The fourth-order valence-electron chi connectivity index (χ4n) is 4.16. The van der Waals surface area contributed by atoms with Crippen LogP contribution in [0.1, 0.15) is 45.1 Å². The summed E-state index contributed by atoms with van der Waals surface area (Å²) in [6.45, 7) is 1.46. The van der Waals surface area contributed by atoms with E-state index in [4.69, 9.17) is 9.26 Å². The van der Waals surface area contributed by atoms with E-state index in [-0.39, 0.29) is 22.8 Å². The first-order chi connectivity index (χ1) is 20.6. The van der Waals surface area contributed by atoms with Gasteiger partial charge in [0, 0.05) is 23.4 Å². The lowest BCUT2D eigenvalue weighted by Crippen LogP contribution is -2.25. The molecule has 0 saturated heterocycles. The maximum Gasteiger partial charge on any atom is 0.586 e. The SMILES string of the molecule is COc1ccc(-c2cc([C@H](C)O)on2)cc1C(=O)Nc1cc2c(cc1C(=O)Nc1ccc(F)c(C(F)(F)F)c1)OC(F)(F)O2. The van der Waals surface area contributed by atoms with E-state index in [9.17, 15) is 41.0 Å². The number of fused-ring (bicyclic) bond motifs is 1. The second kappa shape index (κ2) is 11.1. The Balaban J connectivity index is 1.50. The smallest absolute Gasteiger partial charge is 0.496 e. The van der Waals surface area contributed by atoms with Gasteiger partial charge in [0.25, 0.3) is 11.8 Å². The first-order valence-corrected chi connectivity index (χ1v) is 12.4. The number of carbonyl (C=O) groups is 2. The number of nitrogens with one attached hydrogen (secondary N) is 2. The van der Waals surface area contributed by atoms with Crippen molar-refractivity contribution < 1.29 is 59.8 Å². The minimum absolute atomic E-state index is 0.0507. The maximum absolute atomic E-state index is 13.8. The molecule has 4 aromatic rings. The van der Waals surface area contributed by atoms with Gasteiger partial charge >= 0.3 is 12.5 Å². The normalized spacial score (nSPS) is 14.2. The molecule has 1 aliphatic rings. The molecule has 44 heavy (non-hydrogen) atoms. The molecule has 0 fully saturated rings. The summed E-state index contributed by atoms with van der Waals surface area (Å²) in [5, 5.41) is 18.1. The van der Waals surface area contributed by atoms with Gasteiger partial charge in [0.1, 0.15) is 23.4 Å². The van der Waals surface area contributed by atoms with Crippen LogP contribution in [0.4, 0.5) is 37.7 Å². The van der Waals surface area contributed by atoms with E-state index in [2.05, 4.69) is 25.3 Å². The Labute approximate surface area is 243 Å². The molecule has 3 aromatic carbocycles. The van der Waals surface area contributed by atoms with E-state index in [1.165, 1.54) is 32.2 Å². The zero-order chi connectivity index (χ0) is 32.0. The molecule has 0 radical (unpaired) electrons. The number of hydrogen-bond donors (Lipinski definition) is 3. The van der Waals surface area contributed by atoms with Gasteiger partial charge < -0.3 is 34.5 Å². The van der Waals surface area contributed by atoms with Crippen LogP contribution in [-0.2, 0) is 6.18 Å². The Morgan fingerprint density at radius 3 is 2.27 bits per heavy atom. The molecule has 230 valence electrons. The molecule has 1 aromatic heterocycles. The molecule has 1 aliphatic heterocycles. The number of benzene rings is 3. The van der Waals surface area contributed by atoms with Gasteiger partial charge in [0.05, 0.1) is 29.5 Å². The Hall–Kier alpha value is -5.25. The largest absolute Gasteiger partial charge is 0.586 e. The molecular formula is C28H19F6N3O7. The lowest BCUT2D eigenvalue weighted by Gasteiger charge is -2.15. The number of alkyl halides is 5. The summed E-state index contributed by atoms with van der Waals surface area (Å²) in [6.07, 6.45) is -10.2. The van der Waals surface area contributed by atoms with Crippen molar-refractivity contribution in [3.63, 3.8) is 0 Å². The van der Waals surface area contributed by atoms with Crippen molar-refractivity contribution in [1.29, 1.82) is 0 Å². The van der Waals surface area contributed by atoms with Crippen molar-refractivity contribution in [1.82, 2.24) is 5.16 Å². The highest BCUT2D eigenvalue weighted by atomic mass is 19.4. The Morgan fingerprint density at radius 2 is 1.64 bits per heavy atom. The van der Waals surface area contributed by atoms with Gasteiger partial charge in [-0.3, -0.25) is 9.59 Å². The van der Waals surface area contributed by atoms with Gasteiger partial charge in [-0.05, 0) is 49.4 Å². The summed E-state index contributed by atoms with van der Waals surface area (Å²) < 4.78 is 100. The summed E-state index contributed by atoms with van der Waals surface area (Å²) in [5.74, 6) is -4.63. The van der Waals surface area contributed by atoms with Gasteiger partial charge in [0.15, 0.2) is 17.3 Å². The molecule has 10 nitrogen and oxygen atoms in total. The highest BCUT2D eigenvalue weighted by Gasteiger charge is 2.44. The van der Waals surface area contributed by atoms with Crippen LogP contribution in [0.15, 0.2) is 59.1 Å². The third kappa shape index (κ3) is 6.10. The first-order valence-electron chi connectivity index (χ1n) is 12.4. The van der Waals surface area contributed by atoms with Gasteiger partial charge in [-0.25, -0.2) is 4.39 Å². The number of aliphatic hydroxyl groups excluding tert-OH is 1. The fraction of sp³-hybridized carbons (Fsp3) is 0.179. The third-order valence-electron chi connectivity index (χ3n) is 6.24. The van der Waals surface area contributed by atoms with Crippen LogP contribution in [0.5, 0.6) is 17.2 Å². The van der Waals surface area contributed by atoms with Crippen molar-refractivity contribution in [3.05, 3.63) is 82.9 Å². The van der Waals surface area contributed by atoms with E-state index in [0.29, 0.717) is 17.7 Å². The minimum atomic E-state index is -5.08. The first kappa shape index (κ1) is 30.2. The number of ether oxygens (including phenoxy) is 3. The number of hydrogen-bond acceptors (Lipinski definition) is 8. The fourth-order valence-corrected chi connectivity index (χ4v) is 4.16. The number of nitrogens with zero attached hydrogens (tertiary/aromatic N) is 1. The van der Waals surface area contributed by atoms with Crippen LogP contribution < -0.4 is 24.8 Å². The van der Waals surface area contributed by atoms with Crippen molar-refractivity contribution in [2.24, 2.45) is 0 Å². The van der Waals surface area contributed by atoms with Gasteiger partial charge in [-0.2, -0.15) is 13.2 Å². The van der Waals surface area contributed by atoms with Crippen LogP contribution in [0.2, 0.25) is 0 Å². The standard InChI is InChI=1S/C28H19F6N3O7/c1-12(38)22-10-19(37-44-22)13-3-6-21(41-2)16(7-13)26(40)36-20-11-24-23(42-28(33,34)43-24)9-15(20)25(39)35-14-4-5-18(29)17(8-14)27(30,31)32/h3-12,38H,1-2H3,(H,35,39)(H,36,40)/t12-/m0/s1. The lowest BCUT2D eigenvalue weighted by molar-refractivity contribution is -0.286. The van der Waals surface area contributed by atoms with Crippen LogP contribution in [0.3, 0.4) is 0 Å². The van der Waals surface area contributed by atoms with Crippen molar-refractivity contribution in [2.75, 3.05) is 17.7 Å². The van der Waals surface area contributed by atoms with Crippen molar-refractivity contribution in [3.8, 4) is 28.5 Å². The Kier molecular flexibility index (Phi) is 7.63. The molecule has 16 heteroatoms. The number of aliphatic hydroxyl groups is 1. The molecule has 5 rings (SSSR count). The summed E-state index contributed by atoms with van der Waals surface area (Å²) in [6, 6.07) is 9.07. The zero-order valence-electron chi connectivity index (χ0n) is 22.4. The number of aromatic nitrogens is 1. The molecule has 0 unspecified atom stereocenters. The molecule has 0 aliphatic carbocycles. The Bertz CT molecular complexity index is 1770. The number of anilines is 2. The van der Waals surface area contributed by atoms with E-state index in [1.807, 2.05) is 0 Å². The average molecular weight is 623 g/mol. The summed E-state index contributed by atoms with van der Waals surface area (Å²) in [5.41, 5.74) is -2.58. The molecule has 0 bridgehead atoms. The van der Waals surface area contributed by atoms with Gasteiger partial charge in [0.2, 0.25) is 0 Å². The van der Waals surface area contributed by atoms with E-state index >= 15 is 0 Å². The van der Waals surface area contributed by atoms with Crippen molar-refractivity contribution in [2.45, 2.75) is 25.5 Å². The van der Waals surface area contributed by atoms with E-state index < -0.39 is 70.2 Å². The van der Waals surface area contributed by atoms with E-state index in [1.54, 1.807) is 6.07 Å². The van der Waals surface area contributed by atoms with Crippen LogP contribution in [0.25, 0.3) is 11.3 Å². The van der Waals surface area contributed by atoms with Crippen molar-refractivity contribution >= 4 is 23.2 Å². The highest BCUT2D eigenvalue weighted by molar-refractivity contribution is 6.14. The number of methoxy groups -OCH3 is 1. The topological polar surface area (TPSA) is 132 Å². The predicted octanol–water partition coefficient (Wildman–Crippen LogP) is 6.39. The highest BCUT2D eigenvalue weighted by Crippen LogP contribution is 2.44. The van der Waals surface area contributed by atoms with Crippen LogP contribution >= 0.6 is 0 Å². The Morgan fingerprint density at radius 1 is 0.955 bits per heavy atom. The second-order valence-electron chi connectivity index (χ2n) is 9.32.